The van der Waals surface area contributed by atoms with Crippen molar-refractivity contribution in [2.75, 3.05) is 0 Å². The first-order chi connectivity index (χ1) is 9.47. The van der Waals surface area contributed by atoms with Crippen LogP contribution in [0.4, 0.5) is 11.4 Å². The standard InChI is InChI=1S/C12H4Cl4N4/c13-7-3-11(19-17)9(15)1-5(7)6-2-10(16)12(20-18)4-8(6)14/h1-4H/q+2. The molecule has 0 amide bonds. The first-order valence-corrected chi connectivity index (χ1v) is 6.67. The Balaban J connectivity index is 2.70. The summed E-state index contributed by atoms with van der Waals surface area (Å²) in [6, 6.07) is 5.81. The second kappa shape index (κ2) is 5.83. The van der Waals surface area contributed by atoms with Gasteiger partial charge in [-0.15, -0.1) is 0 Å². The smallest absolute Gasteiger partial charge is 0.0834 e. The molecule has 0 N–H and O–H groups in total. The highest BCUT2D eigenvalue weighted by molar-refractivity contribution is 6.40. The lowest BCUT2D eigenvalue weighted by Crippen LogP contribution is -1.83. The molecule has 0 saturated heterocycles. The second-order valence-corrected chi connectivity index (χ2v) is 5.40. The molecule has 2 rings (SSSR count). The Bertz CT molecular complexity index is 722. The van der Waals surface area contributed by atoms with E-state index in [0.717, 1.165) is 0 Å². The Labute approximate surface area is 134 Å². The van der Waals surface area contributed by atoms with Crippen molar-refractivity contribution >= 4 is 57.8 Å². The highest BCUT2D eigenvalue weighted by Gasteiger charge is 2.22. The molecule has 0 bridgehead atoms. The maximum absolute atomic E-state index is 8.77. The number of rotatable bonds is 1. The van der Waals surface area contributed by atoms with Gasteiger partial charge in [0, 0.05) is 11.1 Å². The number of halogens is 4. The van der Waals surface area contributed by atoms with E-state index >= 15 is 0 Å². The predicted octanol–water partition coefficient (Wildman–Crippen LogP) is 6.94. The first kappa shape index (κ1) is 14.8. The van der Waals surface area contributed by atoms with Crippen molar-refractivity contribution in [3.63, 3.8) is 0 Å². The maximum Gasteiger partial charge on any atom is 0.404 e. The minimum absolute atomic E-state index is 0.143. The molecule has 2 aromatic carbocycles. The van der Waals surface area contributed by atoms with Gasteiger partial charge < -0.3 is 0 Å². The molecule has 98 valence electrons. The molecule has 0 aliphatic carbocycles. The molecule has 0 radical (unpaired) electrons. The number of benzene rings is 2. The molecule has 0 saturated carbocycles. The van der Waals surface area contributed by atoms with Gasteiger partial charge in [-0.2, -0.15) is 0 Å². The third-order valence-electron chi connectivity index (χ3n) is 2.58. The number of nitrogens with zero attached hydrogens (tertiary/aromatic N) is 4. The SMILES string of the molecule is N#[N+]c1cc(Cl)c(-c2cc(Cl)c([N+]#N)cc2Cl)cc1Cl. The van der Waals surface area contributed by atoms with E-state index in [2.05, 4.69) is 9.95 Å². The minimum atomic E-state index is 0.143. The Morgan fingerprint density at radius 2 is 0.950 bits per heavy atom. The van der Waals surface area contributed by atoms with Gasteiger partial charge in [0.2, 0.25) is 10.8 Å². The zero-order valence-corrected chi connectivity index (χ0v) is 12.6. The van der Waals surface area contributed by atoms with Crippen LogP contribution in [0, 0.1) is 10.8 Å². The monoisotopic (exact) mass is 344 g/mol. The topological polar surface area (TPSA) is 56.3 Å². The van der Waals surface area contributed by atoms with Gasteiger partial charge in [-0.1, -0.05) is 46.4 Å². The van der Waals surface area contributed by atoms with Gasteiger partial charge in [0.15, 0.2) is 9.95 Å². The Kier molecular flexibility index (Phi) is 4.32. The van der Waals surface area contributed by atoms with E-state index in [0.29, 0.717) is 11.1 Å². The van der Waals surface area contributed by atoms with E-state index in [1.54, 1.807) is 0 Å². The fraction of sp³-hybridized carbons (Fsp3) is 0. The summed E-state index contributed by atoms with van der Waals surface area (Å²) >= 11 is 24.1. The Morgan fingerprint density at radius 1 is 0.600 bits per heavy atom. The van der Waals surface area contributed by atoms with Gasteiger partial charge >= 0.3 is 11.4 Å². The molecule has 0 aliphatic heterocycles. The van der Waals surface area contributed by atoms with E-state index in [4.69, 9.17) is 57.2 Å². The van der Waals surface area contributed by atoms with E-state index in [1.165, 1.54) is 24.3 Å². The largest absolute Gasteiger partial charge is 0.404 e. The second-order valence-electron chi connectivity index (χ2n) is 3.77. The van der Waals surface area contributed by atoms with Crippen molar-refractivity contribution in [1.29, 1.82) is 10.8 Å². The van der Waals surface area contributed by atoms with Crippen LogP contribution in [0.25, 0.3) is 21.1 Å². The van der Waals surface area contributed by atoms with E-state index in [1.807, 2.05) is 0 Å². The molecule has 0 fully saturated rings. The van der Waals surface area contributed by atoms with Gasteiger partial charge in [0.05, 0.1) is 22.2 Å². The van der Waals surface area contributed by atoms with Crippen LogP contribution >= 0.6 is 46.4 Å². The molecule has 0 spiro atoms. The van der Waals surface area contributed by atoms with E-state index in [-0.39, 0.29) is 31.5 Å². The summed E-state index contributed by atoms with van der Waals surface area (Å²) in [5.74, 6) is 0. The van der Waals surface area contributed by atoms with Gasteiger partial charge in [-0.3, -0.25) is 0 Å². The highest BCUT2D eigenvalue weighted by atomic mass is 35.5. The minimum Gasteiger partial charge on any atom is -0.0834 e. The van der Waals surface area contributed by atoms with Crippen LogP contribution in [0.3, 0.4) is 0 Å². The fourth-order valence-corrected chi connectivity index (χ4v) is 2.56. The van der Waals surface area contributed by atoms with E-state index in [9.17, 15) is 0 Å². The summed E-state index contributed by atoms with van der Waals surface area (Å²) in [6.45, 7) is 0. The maximum atomic E-state index is 8.77. The van der Waals surface area contributed by atoms with Crippen LogP contribution in [0.5, 0.6) is 0 Å². The van der Waals surface area contributed by atoms with Crippen molar-refractivity contribution in [2.24, 2.45) is 0 Å². The Morgan fingerprint density at radius 3 is 1.25 bits per heavy atom. The Hall–Kier alpha value is -1.56. The van der Waals surface area contributed by atoms with Crippen molar-refractivity contribution in [2.45, 2.75) is 0 Å². The summed E-state index contributed by atoms with van der Waals surface area (Å²) in [4.78, 5) is 6.02. The summed E-state index contributed by atoms with van der Waals surface area (Å²) in [6.07, 6.45) is 0. The van der Waals surface area contributed by atoms with Gasteiger partial charge in [0.25, 0.3) is 0 Å². The van der Waals surface area contributed by atoms with Crippen molar-refractivity contribution in [3.8, 4) is 11.1 Å². The molecule has 0 aromatic heterocycles. The zero-order chi connectivity index (χ0) is 14.9. The van der Waals surface area contributed by atoms with Gasteiger partial charge in [0.1, 0.15) is 10.0 Å². The van der Waals surface area contributed by atoms with Crippen LogP contribution in [-0.2, 0) is 0 Å². The highest BCUT2D eigenvalue weighted by Crippen LogP contribution is 2.42. The van der Waals surface area contributed by atoms with Crippen LogP contribution in [-0.4, -0.2) is 0 Å². The van der Waals surface area contributed by atoms with Crippen molar-refractivity contribution in [3.05, 3.63) is 54.3 Å². The lowest BCUT2D eigenvalue weighted by atomic mass is 10.0. The molecular formula is C12H4Cl4N4+2. The first-order valence-electron chi connectivity index (χ1n) is 5.16. The van der Waals surface area contributed by atoms with Crippen LogP contribution in [0.2, 0.25) is 20.1 Å². The lowest BCUT2D eigenvalue weighted by Gasteiger charge is -2.06. The lowest BCUT2D eigenvalue weighted by molar-refractivity contribution is 1.46. The molecule has 2 aromatic rings. The third kappa shape index (κ3) is 2.65. The van der Waals surface area contributed by atoms with Crippen LogP contribution in [0.1, 0.15) is 0 Å². The molecule has 4 nitrogen and oxygen atoms in total. The molecule has 0 heterocycles. The van der Waals surface area contributed by atoms with Gasteiger partial charge in [-0.05, 0) is 12.1 Å². The number of hydrogen-bond donors (Lipinski definition) is 0. The van der Waals surface area contributed by atoms with Crippen molar-refractivity contribution in [1.82, 2.24) is 0 Å². The van der Waals surface area contributed by atoms with Crippen LogP contribution in [0.15, 0.2) is 24.3 Å². The van der Waals surface area contributed by atoms with Gasteiger partial charge in [-0.25, -0.2) is 0 Å². The van der Waals surface area contributed by atoms with Crippen LogP contribution < -0.4 is 0 Å². The normalized spacial score (nSPS) is 9.90. The summed E-state index contributed by atoms with van der Waals surface area (Å²) in [5, 5.41) is 18.5. The predicted molar refractivity (Wildman–Crippen MR) is 81.4 cm³/mol. The summed E-state index contributed by atoms with van der Waals surface area (Å²) < 4.78 is 0. The molecule has 20 heavy (non-hydrogen) atoms. The quantitative estimate of drug-likeness (QED) is 0.525. The summed E-state index contributed by atoms with van der Waals surface area (Å²) in [5.41, 5.74) is 1.31. The van der Waals surface area contributed by atoms with E-state index < -0.39 is 0 Å². The summed E-state index contributed by atoms with van der Waals surface area (Å²) in [7, 11) is 0. The molecule has 0 atom stereocenters. The number of hydrogen-bond acceptors (Lipinski definition) is 2. The number of diazo groups is 2. The molecule has 8 heteroatoms. The average Bonchev–Trinajstić information content (AvgIpc) is 2.43. The molecule has 0 unspecified atom stereocenters. The molecule has 0 aliphatic rings. The molecular weight excluding hydrogens is 342 g/mol. The third-order valence-corrected chi connectivity index (χ3v) is 3.81. The van der Waals surface area contributed by atoms with Crippen molar-refractivity contribution < 1.29 is 0 Å². The zero-order valence-electron chi connectivity index (χ0n) is 9.61. The average molecular weight is 346 g/mol. The fourth-order valence-electron chi connectivity index (χ4n) is 1.64.